The van der Waals surface area contributed by atoms with Gasteiger partial charge in [0.1, 0.15) is 0 Å². The van der Waals surface area contributed by atoms with E-state index in [2.05, 4.69) is 267 Å². The number of rotatable bonds is 6. The van der Waals surface area contributed by atoms with E-state index in [1.165, 1.54) is 196 Å². The average molecular weight is 1020 g/mol. The highest BCUT2D eigenvalue weighted by Gasteiger charge is 2.30. The third kappa shape index (κ3) is 5.83. The summed E-state index contributed by atoms with van der Waals surface area (Å²) in [6.07, 6.45) is 0.805. The van der Waals surface area contributed by atoms with Gasteiger partial charge in [0.25, 0.3) is 0 Å². The SMILES string of the molecule is c1ccc(-c2cccc(-c3ccccc3)c2Cc2ccc3c4cc5c(-c6ccccc6)c6c7ccc8c9ccc%10c%11c(ccc(c%12ccc(c6c(-c6ccccc6)c5cc4c4cccc2c43)c7c%128)c%119)-c2cc3ccccc3cc2-%10)cc1. The van der Waals surface area contributed by atoms with E-state index in [0.717, 1.165) is 6.42 Å². The van der Waals surface area contributed by atoms with Crippen molar-refractivity contribution in [3.8, 4) is 66.8 Å². The van der Waals surface area contributed by atoms with Crippen LogP contribution in [0.3, 0.4) is 0 Å². The first-order valence-electron chi connectivity index (χ1n) is 28.5. The van der Waals surface area contributed by atoms with E-state index < -0.39 is 0 Å². The maximum absolute atomic E-state index is 2.57. The van der Waals surface area contributed by atoms with Crippen molar-refractivity contribution >= 4 is 118 Å². The largest absolute Gasteiger partial charge is 0.0622 e. The molecule has 0 N–H and O–H groups in total. The monoisotopic (exact) mass is 1020 g/mol. The molecule has 0 bridgehead atoms. The van der Waals surface area contributed by atoms with Gasteiger partial charge in [-0.1, -0.05) is 243 Å². The molecule has 19 rings (SSSR count). The van der Waals surface area contributed by atoms with Crippen LogP contribution in [-0.2, 0) is 6.42 Å². The molecule has 18 aromatic carbocycles. The molecule has 0 heterocycles. The number of fused-ring (bicyclic) bond motifs is 13. The van der Waals surface area contributed by atoms with Crippen molar-refractivity contribution in [2.45, 2.75) is 6.42 Å². The van der Waals surface area contributed by atoms with E-state index in [0.29, 0.717) is 0 Å². The minimum atomic E-state index is 0.805. The van der Waals surface area contributed by atoms with Gasteiger partial charge in [-0.15, -0.1) is 0 Å². The Morgan fingerprint density at radius 1 is 0.185 bits per heavy atom. The van der Waals surface area contributed by atoms with Crippen molar-refractivity contribution in [2.24, 2.45) is 0 Å². The lowest BCUT2D eigenvalue weighted by Gasteiger charge is -2.17. The Bertz CT molecular complexity index is 5380. The lowest BCUT2D eigenvalue weighted by molar-refractivity contribution is 1.22. The van der Waals surface area contributed by atoms with Gasteiger partial charge in [-0.25, -0.2) is 0 Å². The van der Waals surface area contributed by atoms with Gasteiger partial charge in [0.15, 0.2) is 0 Å². The van der Waals surface area contributed by atoms with E-state index in [4.69, 9.17) is 0 Å². The molecule has 1 aliphatic rings. The summed E-state index contributed by atoms with van der Waals surface area (Å²) in [6.45, 7) is 0. The summed E-state index contributed by atoms with van der Waals surface area (Å²) in [7, 11) is 0. The van der Waals surface area contributed by atoms with E-state index in [9.17, 15) is 0 Å². The van der Waals surface area contributed by atoms with Gasteiger partial charge in [0.2, 0.25) is 0 Å². The van der Waals surface area contributed by atoms with Gasteiger partial charge in [-0.2, -0.15) is 0 Å². The lowest BCUT2D eigenvalue weighted by Crippen LogP contribution is -1.97. The van der Waals surface area contributed by atoms with E-state index in [1.807, 2.05) is 0 Å². The van der Waals surface area contributed by atoms with Crippen LogP contribution >= 0.6 is 0 Å². The Morgan fingerprint density at radius 3 is 1.09 bits per heavy atom. The Balaban J connectivity index is 0.897. The first kappa shape index (κ1) is 43.6. The summed E-state index contributed by atoms with van der Waals surface area (Å²) >= 11 is 0. The van der Waals surface area contributed by atoms with E-state index in [-0.39, 0.29) is 0 Å². The second-order valence-electron chi connectivity index (χ2n) is 22.8. The molecular weight excluding hydrogens is 973 g/mol. The second kappa shape index (κ2) is 16.1. The maximum atomic E-state index is 2.57. The van der Waals surface area contributed by atoms with Gasteiger partial charge < -0.3 is 0 Å². The van der Waals surface area contributed by atoms with Crippen LogP contribution in [0.15, 0.2) is 267 Å². The summed E-state index contributed by atoms with van der Waals surface area (Å²) in [4.78, 5) is 0. The molecule has 0 aliphatic heterocycles. The van der Waals surface area contributed by atoms with Gasteiger partial charge in [0, 0.05) is 0 Å². The molecule has 0 unspecified atom stereocenters. The van der Waals surface area contributed by atoms with Gasteiger partial charge in [-0.3, -0.25) is 0 Å². The molecule has 0 spiro atoms. The molecule has 0 radical (unpaired) electrons. The molecule has 0 heteroatoms. The van der Waals surface area contributed by atoms with Crippen molar-refractivity contribution in [2.75, 3.05) is 0 Å². The number of hydrogen-bond donors (Lipinski definition) is 0. The maximum Gasteiger partial charge on any atom is -0.000728 e. The molecule has 81 heavy (non-hydrogen) atoms. The quantitative estimate of drug-likeness (QED) is 0.115. The highest BCUT2D eigenvalue weighted by Crippen LogP contribution is 2.58. The molecular formula is C81H46. The molecule has 370 valence electrons. The predicted molar refractivity (Wildman–Crippen MR) is 348 cm³/mol. The number of hydrogen-bond acceptors (Lipinski definition) is 0. The Hall–Kier alpha value is -10.4. The van der Waals surface area contributed by atoms with E-state index >= 15 is 0 Å². The van der Waals surface area contributed by atoms with Crippen LogP contribution in [0.4, 0.5) is 0 Å². The summed E-state index contributed by atoms with van der Waals surface area (Å²) in [6, 6.07) is 101. The van der Waals surface area contributed by atoms with Gasteiger partial charge >= 0.3 is 0 Å². The summed E-state index contributed by atoms with van der Waals surface area (Å²) < 4.78 is 0. The molecule has 0 amide bonds. The van der Waals surface area contributed by atoms with Crippen molar-refractivity contribution in [3.63, 3.8) is 0 Å². The van der Waals surface area contributed by atoms with Gasteiger partial charge in [-0.05, 0) is 227 Å². The average Bonchev–Trinajstić information content (AvgIpc) is 4.18. The molecule has 18 aromatic rings. The highest BCUT2D eigenvalue weighted by atomic mass is 14.3. The van der Waals surface area contributed by atoms with Crippen LogP contribution in [0.2, 0.25) is 0 Å². The van der Waals surface area contributed by atoms with Crippen LogP contribution in [0, 0.1) is 0 Å². The topological polar surface area (TPSA) is 0 Å². The molecule has 0 saturated heterocycles. The third-order valence-electron chi connectivity index (χ3n) is 18.9. The minimum absolute atomic E-state index is 0.805. The Kier molecular flexibility index (Phi) is 8.66. The Morgan fingerprint density at radius 2 is 0.568 bits per heavy atom. The fourth-order valence-electron chi connectivity index (χ4n) is 15.6. The van der Waals surface area contributed by atoms with Crippen LogP contribution in [0.25, 0.3) is 185 Å². The lowest BCUT2D eigenvalue weighted by atomic mass is 9.85. The van der Waals surface area contributed by atoms with E-state index in [1.54, 1.807) is 0 Å². The third-order valence-corrected chi connectivity index (χ3v) is 18.9. The molecule has 0 fully saturated rings. The van der Waals surface area contributed by atoms with Crippen LogP contribution in [0.5, 0.6) is 0 Å². The van der Waals surface area contributed by atoms with Crippen LogP contribution < -0.4 is 0 Å². The van der Waals surface area contributed by atoms with Gasteiger partial charge in [0.05, 0.1) is 0 Å². The zero-order valence-corrected chi connectivity index (χ0v) is 44.1. The first-order chi connectivity index (χ1) is 40.2. The summed E-state index contributed by atoms with van der Waals surface area (Å²) in [5.41, 5.74) is 18.2. The summed E-state index contributed by atoms with van der Waals surface area (Å²) in [5.74, 6) is 0. The predicted octanol–water partition coefficient (Wildman–Crippen LogP) is 22.6. The molecule has 0 saturated carbocycles. The normalized spacial score (nSPS) is 12.5. The van der Waals surface area contributed by atoms with Crippen molar-refractivity contribution in [1.29, 1.82) is 0 Å². The molecule has 0 atom stereocenters. The van der Waals surface area contributed by atoms with Crippen molar-refractivity contribution in [1.82, 2.24) is 0 Å². The van der Waals surface area contributed by atoms with Crippen molar-refractivity contribution < 1.29 is 0 Å². The smallest absolute Gasteiger partial charge is 0.000728 e. The standard InChI is InChI=1S/C81H46/c1-5-17-46(18-6-1)53-27-15-28-54(47-19-7-2-8-20-47)66(53)43-52-31-32-61-70-45-72-71(44-69(70)56-30-16-29-55(52)75(56)61)73(48-21-9-3-10-22-48)80-64-39-37-59-57-33-35-62-67-41-50-25-13-14-26-51(50)42-68(67)63-36-34-58(76(57)78(62)63)60-38-40-65(79(64)77(59)60)81(80)74(72)49-23-11-4-12-24-49/h1-42,44-45H,43H2. The molecule has 1 aliphatic carbocycles. The highest BCUT2D eigenvalue weighted by molar-refractivity contribution is 6.47. The van der Waals surface area contributed by atoms with Crippen LogP contribution in [-0.4, -0.2) is 0 Å². The fraction of sp³-hybridized carbons (Fsp3) is 0.0123. The molecule has 0 aromatic heterocycles. The van der Waals surface area contributed by atoms with Crippen LogP contribution in [0.1, 0.15) is 11.1 Å². The zero-order chi connectivity index (χ0) is 52.6. The Labute approximate surface area is 467 Å². The zero-order valence-electron chi connectivity index (χ0n) is 44.1. The molecule has 0 nitrogen and oxygen atoms in total. The minimum Gasteiger partial charge on any atom is -0.0622 e. The second-order valence-corrected chi connectivity index (χ2v) is 22.8. The number of benzene rings is 16. The first-order valence-corrected chi connectivity index (χ1v) is 28.5. The summed E-state index contributed by atoms with van der Waals surface area (Å²) in [5, 5.41) is 29.1. The van der Waals surface area contributed by atoms with Crippen molar-refractivity contribution in [3.05, 3.63) is 278 Å². The fourth-order valence-corrected chi connectivity index (χ4v) is 15.6.